The van der Waals surface area contributed by atoms with Crippen LogP contribution in [0.1, 0.15) is 39.0 Å². The molecule has 0 amide bonds. The van der Waals surface area contributed by atoms with Crippen molar-refractivity contribution in [3.8, 4) is 0 Å². The zero-order valence-electron chi connectivity index (χ0n) is 9.80. The van der Waals surface area contributed by atoms with E-state index in [0.717, 1.165) is 5.92 Å². The van der Waals surface area contributed by atoms with Crippen LogP contribution in [0.5, 0.6) is 0 Å². The van der Waals surface area contributed by atoms with E-state index in [4.69, 9.17) is 0 Å². The zero-order valence-corrected chi connectivity index (χ0v) is 10.6. The summed E-state index contributed by atoms with van der Waals surface area (Å²) in [6.45, 7) is 6.46. The van der Waals surface area contributed by atoms with Gasteiger partial charge in [0.15, 0.2) is 0 Å². The summed E-state index contributed by atoms with van der Waals surface area (Å²) in [7, 11) is 0. The van der Waals surface area contributed by atoms with Crippen molar-refractivity contribution in [3.05, 3.63) is 0 Å². The van der Waals surface area contributed by atoms with Gasteiger partial charge in [-0.3, -0.25) is 0 Å². The Labute approximate surface area is 93.6 Å². The number of hydrogen-bond acceptors (Lipinski definition) is 2. The summed E-state index contributed by atoms with van der Waals surface area (Å²) >= 11 is 1.98. The van der Waals surface area contributed by atoms with E-state index in [1.165, 1.54) is 57.5 Å². The summed E-state index contributed by atoms with van der Waals surface area (Å²) in [6, 6.07) is 0. The molecule has 1 nitrogen and oxygen atoms in total. The molecule has 1 saturated heterocycles. The summed E-state index contributed by atoms with van der Waals surface area (Å²) < 4.78 is 0. The molecule has 0 radical (unpaired) electrons. The number of piperidine rings is 1. The summed E-state index contributed by atoms with van der Waals surface area (Å²) in [4.78, 5) is 2.65. The summed E-state index contributed by atoms with van der Waals surface area (Å²) in [5.74, 6) is 2.26. The zero-order chi connectivity index (χ0) is 10.2. The number of thioether (sulfide) groups is 1. The lowest BCUT2D eigenvalue weighted by molar-refractivity contribution is 0.214. The Morgan fingerprint density at radius 2 is 1.86 bits per heavy atom. The standard InChI is InChI=1S/C12H25NS/c1-12(7-11-14-2)6-10-13-8-4-3-5-9-13/h12H,3-11H2,1-2H3. The molecule has 0 aromatic heterocycles. The van der Waals surface area contributed by atoms with E-state index in [2.05, 4.69) is 18.1 Å². The molecule has 1 atom stereocenters. The van der Waals surface area contributed by atoms with Crippen molar-refractivity contribution in [2.75, 3.05) is 31.6 Å². The minimum atomic E-state index is 0.921. The van der Waals surface area contributed by atoms with Crippen LogP contribution in [-0.2, 0) is 0 Å². The third kappa shape index (κ3) is 5.26. The summed E-state index contributed by atoms with van der Waals surface area (Å²) in [5.41, 5.74) is 0. The van der Waals surface area contributed by atoms with Crippen LogP contribution < -0.4 is 0 Å². The van der Waals surface area contributed by atoms with Crippen LogP contribution in [0.2, 0.25) is 0 Å². The molecule has 0 bridgehead atoms. The minimum Gasteiger partial charge on any atom is -0.303 e. The van der Waals surface area contributed by atoms with E-state index < -0.39 is 0 Å². The van der Waals surface area contributed by atoms with Crippen LogP contribution in [0.4, 0.5) is 0 Å². The molecule has 14 heavy (non-hydrogen) atoms. The molecule has 0 aromatic rings. The van der Waals surface area contributed by atoms with Gasteiger partial charge in [0.05, 0.1) is 0 Å². The van der Waals surface area contributed by atoms with E-state index in [1.807, 2.05) is 11.8 Å². The number of likely N-dealkylation sites (tertiary alicyclic amines) is 1. The second kappa shape index (κ2) is 7.58. The Balaban J connectivity index is 2.00. The fourth-order valence-electron chi connectivity index (χ4n) is 2.05. The number of nitrogens with zero attached hydrogens (tertiary/aromatic N) is 1. The van der Waals surface area contributed by atoms with Gasteiger partial charge in [-0.2, -0.15) is 11.8 Å². The van der Waals surface area contributed by atoms with E-state index in [9.17, 15) is 0 Å². The van der Waals surface area contributed by atoms with E-state index in [-0.39, 0.29) is 0 Å². The maximum Gasteiger partial charge on any atom is -0.00162 e. The molecule has 0 aromatic carbocycles. The van der Waals surface area contributed by atoms with Gasteiger partial charge in [-0.25, -0.2) is 0 Å². The maximum absolute atomic E-state index is 2.65. The van der Waals surface area contributed by atoms with Crippen molar-refractivity contribution < 1.29 is 0 Å². The van der Waals surface area contributed by atoms with E-state index in [0.29, 0.717) is 0 Å². The number of rotatable bonds is 6. The second-order valence-corrected chi connectivity index (χ2v) is 5.56. The molecule has 1 fully saturated rings. The van der Waals surface area contributed by atoms with Gasteiger partial charge in [0.1, 0.15) is 0 Å². The Morgan fingerprint density at radius 3 is 2.50 bits per heavy atom. The van der Waals surface area contributed by atoms with Crippen LogP contribution in [0.15, 0.2) is 0 Å². The lowest BCUT2D eigenvalue weighted by Gasteiger charge is -2.27. The maximum atomic E-state index is 2.65. The molecule has 1 heterocycles. The molecule has 1 unspecified atom stereocenters. The van der Waals surface area contributed by atoms with Crippen LogP contribution >= 0.6 is 11.8 Å². The van der Waals surface area contributed by atoms with Gasteiger partial charge in [0.25, 0.3) is 0 Å². The Bertz CT molecular complexity index is 132. The highest BCUT2D eigenvalue weighted by Gasteiger charge is 2.10. The molecule has 2 heteroatoms. The van der Waals surface area contributed by atoms with Crippen LogP contribution in [0.25, 0.3) is 0 Å². The minimum absolute atomic E-state index is 0.921. The molecule has 0 N–H and O–H groups in total. The lowest BCUT2D eigenvalue weighted by atomic mass is 10.0. The highest BCUT2D eigenvalue weighted by Crippen LogP contribution is 2.14. The molecule has 1 aliphatic heterocycles. The quantitative estimate of drug-likeness (QED) is 0.669. The Kier molecular flexibility index (Phi) is 6.70. The first-order valence-electron chi connectivity index (χ1n) is 6.04. The highest BCUT2D eigenvalue weighted by molar-refractivity contribution is 7.98. The molecular weight excluding hydrogens is 190 g/mol. The normalized spacial score (nSPS) is 21.0. The molecule has 1 rings (SSSR count). The fraction of sp³-hybridized carbons (Fsp3) is 1.00. The fourth-order valence-corrected chi connectivity index (χ4v) is 2.69. The lowest BCUT2D eigenvalue weighted by Crippen LogP contribution is -2.31. The second-order valence-electron chi connectivity index (χ2n) is 4.58. The predicted octanol–water partition coefficient (Wildman–Crippen LogP) is 3.25. The molecule has 0 aliphatic carbocycles. The Hall–Kier alpha value is 0.310. The van der Waals surface area contributed by atoms with E-state index >= 15 is 0 Å². The van der Waals surface area contributed by atoms with Crippen LogP contribution in [0, 0.1) is 5.92 Å². The SMILES string of the molecule is CSCCC(C)CCN1CCCCC1. The van der Waals surface area contributed by atoms with Gasteiger partial charge >= 0.3 is 0 Å². The predicted molar refractivity (Wildman–Crippen MR) is 67.1 cm³/mol. The van der Waals surface area contributed by atoms with E-state index in [1.54, 1.807) is 0 Å². The summed E-state index contributed by atoms with van der Waals surface area (Å²) in [5, 5.41) is 0. The van der Waals surface area contributed by atoms with Crippen LogP contribution in [-0.4, -0.2) is 36.5 Å². The van der Waals surface area contributed by atoms with Gasteiger partial charge in [0.2, 0.25) is 0 Å². The average Bonchev–Trinajstić information content (AvgIpc) is 2.25. The van der Waals surface area contributed by atoms with Crippen molar-refractivity contribution >= 4 is 11.8 Å². The molecule has 0 saturated carbocycles. The third-order valence-corrected chi connectivity index (χ3v) is 3.85. The largest absolute Gasteiger partial charge is 0.303 e. The third-order valence-electron chi connectivity index (χ3n) is 3.20. The summed E-state index contributed by atoms with van der Waals surface area (Å²) in [6.07, 6.45) is 9.32. The Morgan fingerprint density at radius 1 is 1.14 bits per heavy atom. The van der Waals surface area contributed by atoms with Crippen molar-refractivity contribution in [2.24, 2.45) is 5.92 Å². The van der Waals surface area contributed by atoms with Crippen molar-refractivity contribution in [1.29, 1.82) is 0 Å². The van der Waals surface area contributed by atoms with Gasteiger partial charge in [-0.15, -0.1) is 0 Å². The molecule has 0 spiro atoms. The molecular formula is C12H25NS. The van der Waals surface area contributed by atoms with Crippen molar-refractivity contribution in [1.82, 2.24) is 4.90 Å². The average molecular weight is 215 g/mol. The molecule has 84 valence electrons. The first kappa shape index (κ1) is 12.4. The van der Waals surface area contributed by atoms with Gasteiger partial charge in [-0.05, 0) is 63.2 Å². The van der Waals surface area contributed by atoms with Crippen molar-refractivity contribution in [3.63, 3.8) is 0 Å². The highest BCUT2D eigenvalue weighted by atomic mass is 32.2. The van der Waals surface area contributed by atoms with Gasteiger partial charge in [0, 0.05) is 0 Å². The molecule has 1 aliphatic rings. The monoisotopic (exact) mass is 215 g/mol. The topological polar surface area (TPSA) is 3.24 Å². The smallest absolute Gasteiger partial charge is 0.00162 e. The van der Waals surface area contributed by atoms with Gasteiger partial charge < -0.3 is 4.90 Å². The van der Waals surface area contributed by atoms with Crippen molar-refractivity contribution in [2.45, 2.75) is 39.0 Å². The first-order chi connectivity index (χ1) is 6.83. The number of hydrogen-bond donors (Lipinski definition) is 0. The van der Waals surface area contributed by atoms with Gasteiger partial charge in [-0.1, -0.05) is 13.3 Å². The first-order valence-corrected chi connectivity index (χ1v) is 7.43. The van der Waals surface area contributed by atoms with Crippen LogP contribution in [0.3, 0.4) is 0 Å².